The summed E-state index contributed by atoms with van der Waals surface area (Å²) in [6.45, 7) is 6.20. The van der Waals surface area contributed by atoms with Crippen molar-refractivity contribution in [1.82, 2.24) is 4.90 Å². The molecule has 0 saturated carbocycles. The molecule has 1 atom stereocenters. The van der Waals surface area contributed by atoms with E-state index in [-0.39, 0.29) is 16.9 Å². The van der Waals surface area contributed by atoms with Crippen molar-refractivity contribution in [2.24, 2.45) is 11.1 Å². The maximum atomic E-state index is 12.2. The molecule has 0 unspecified atom stereocenters. The second kappa shape index (κ2) is 6.72. The van der Waals surface area contributed by atoms with E-state index in [0.717, 1.165) is 0 Å². The molecule has 5 nitrogen and oxygen atoms in total. The zero-order valence-corrected chi connectivity index (χ0v) is 13.1. The quantitative estimate of drug-likeness (QED) is 0.866. The third-order valence-corrected chi connectivity index (χ3v) is 3.54. The van der Waals surface area contributed by atoms with Crippen molar-refractivity contribution in [3.05, 3.63) is 35.4 Å². The molecule has 0 heterocycles. The maximum absolute atomic E-state index is 12.2. The first-order valence-electron chi connectivity index (χ1n) is 6.96. The van der Waals surface area contributed by atoms with E-state index in [2.05, 4.69) is 0 Å². The van der Waals surface area contributed by atoms with Gasteiger partial charge in [0.05, 0.1) is 11.6 Å². The van der Waals surface area contributed by atoms with Gasteiger partial charge in [-0.1, -0.05) is 39.0 Å². The zero-order valence-electron chi connectivity index (χ0n) is 13.1. The number of nitrogens with zero attached hydrogens (tertiary/aromatic N) is 1. The van der Waals surface area contributed by atoms with E-state index in [1.54, 1.807) is 36.2 Å². The monoisotopic (exact) mass is 292 g/mol. The lowest BCUT2D eigenvalue weighted by Crippen LogP contribution is -2.49. The standard InChI is InChI=1S/C16H24N2O3/c1-16(2,3)13(17)14(19)18(4)10-9-11-7-5-6-8-12(11)15(20)21/h5-8,13H,9-10,17H2,1-4H3,(H,20,21)/t13-/m0/s1. The Morgan fingerprint density at radius 1 is 1.29 bits per heavy atom. The van der Waals surface area contributed by atoms with Crippen molar-refractivity contribution in [2.75, 3.05) is 13.6 Å². The van der Waals surface area contributed by atoms with Crippen LogP contribution in [0.25, 0.3) is 0 Å². The Kier molecular flexibility index (Phi) is 5.49. The van der Waals surface area contributed by atoms with Gasteiger partial charge in [-0.05, 0) is 23.5 Å². The van der Waals surface area contributed by atoms with Crippen molar-refractivity contribution in [2.45, 2.75) is 33.2 Å². The van der Waals surface area contributed by atoms with Gasteiger partial charge in [0.1, 0.15) is 0 Å². The first-order valence-corrected chi connectivity index (χ1v) is 6.96. The summed E-state index contributed by atoms with van der Waals surface area (Å²) in [5.41, 5.74) is 6.65. The van der Waals surface area contributed by atoms with Gasteiger partial charge in [0.15, 0.2) is 0 Å². The molecule has 0 saturated heterocycles. The fourth-order valence-electron chi connectivity index (χ4n) is 1.95. The van der Waals surface area contributed by atoms with E-state index in [1.807, 2.05) is 20.8 Å². The maximum Gasteiger partial charge on any atom is 0.335 e. The second-order valence-corrected chi connectivity index (χ2v) is 6.32. The Morgan fingerprint density at radius 2 is 1.86 bits per heavy atom. The Balaban J connectivity index is 2.72. The summed E-state index contributed by atoms with van der Waals surface area (Å²) in [5, 5.41) is 9.13. The van der Waals surface area contributed by atoms with Crippen LogP contribution in [0.1, 0.15) is 36.7 Å². The largest absolute Gasteiger partial charge is 0.478 e. The van der Waals surface area contributed by atoms with Crippen LogP contribution in [-0.4, -0.2) is 41.5 Å². The number of amides is 1. The molecule has 1 aromatic carbocycles. The van der Waals surface area contributed by atoms with E-state index >= 15 is 0 Å². The van der Waals surface area contributed by atoms with Gasteiger partial charge >= 0.3 is 5.97 Å². The minimum absolute atomic E-state index is 0.129. The highest BCUT2D eigenvalue weighted by Crippen LogP contribution is 2.19. The van der Waals surface area contributed by atoms with Gasteiger partial charge in [0.2, 0.25) is 5.91 Å². The third kappa shape index (κ3) is 4.56. The predicted molar refractivity (Wildman–Crippen MR) is 82.2 cm³/mol. The first-order chi connectivity index (χ1) is 9.64. The number of aromatic carboxylic acids is 1. The normalized spacial score (nSPS) is 12.8. The summed E-state index contributed by atoms with van der Waals surface area (Å²) in [6.07, 6.45) is 0.488. The average Bonchev–Trinajstić information content (AvgIpc) is 2.42. The lowest BCUT2D eigenvalue weighted by molar-refractivity contribution is -0.133. The number of carbonyl (C=O) groups is 2. The van der Waals surface area contributed by atoms with Gasteiger partial charge in [0, 0.05) is 13.6 Å². The van der Waals surface area contributed by atoms with Crippen LogP contribution in [0.2, 0.25) is 0 Å². The number of benzene rings is 1. The van der Waals surface area contributed by atoms with Crippen molar-refractivity contribution in [1.29, 1.82) is 0 Å². The van der Waals surface area contributed by atoms with Gasteiger partial charge in [0.25, 0.3) is 0 Å². The van der Waals surface area contributed by atoms with Crippen LogP contribution < -0.4 is 5.73 Å². The molecule has 0 spiro atoms. The molecule has 1 aromatic rings. The van der Waals surface area contributed by atoms with E-state index < -0.39 is 12.0 Å². The van der Waals surface area contributed by atoms with Crippen LogP contribution in [-0.2, 0) is 11.2 Å². The smallest absolute Gasteiger partial charge is 0.335 e. The van der Waals surface area contributed by atoms with E-state index in [4.69, 9.17) is 10.8 Å². The minimum Gasteiger partial charge on any atom is -0.478 e. The van der Waals surface area contributed by atoms with E-state index in [9.17, 15) is 9.59 Å². The molecule has 5 heteroatoms. The molecule has 3 N–H and O–H groups in total. The lowest BCUT2D eigenvalue weighted by Gasteiger charge is -2.30. The Bertz CT molecular complexity index is 520. The number of rotatable bonds is 5. The summed E-state index contributed by atoms with van der Waals surface area (Å²) in [7, 11) is 1.69. The minimum atomic E-state index is -0.953. The van der Waals surface area contributed by atoms with E-state index in [0.29, 0.717) is 18.5 Å². The fraction of sp³-hybridized carbons (Fsp3) is 0.500. The summed E-state index contributed by atoms with van der Waals surface area (Å²) >= 11 is 0. The topological polar surface area (TPSA) is 83.6 Å². The Hall–Kier alpha value is -1.88. The molecule has 0 aliphatic heterocycles. The van der Waals surface area contributed by atoms with Crippen molar-refractivity contribution >= 4 is 11.9 Å². The molecule has 1 amide bonds. The van der Waals surface area contributed by atoms with E-state index in [1.165, 1.54) is 0 Å². The van der Waals surface area contributed by atoms with Gasteiger partial charge in [-0.2, -0.15) is 0 Å². The lowest BCUT2D eigenvalue weighted by atomic mass is 9.86. The highest BCUT2D eigenvalue weighted by molar-refractivity contribution is 5.89. The Labute approximate surface area is 125 Å². The van der Waals surface area contributed by atoms with Crippen LogP contribution >= 0.6 is 0 Å². The summed E-state index contributed by atoms with van der Waals surface area (Å²) in [6, 6.07) is 6.26. The molecule has 0 aliphatic rings. The second-order valence-electron chi connectivity index (χ2n) is 6.32. The van der Waals surface area contributed by atoms with Gasteiger partial charge < -0.3 is 15.7 Å². The molecule has 0 bridgehead atoms. The zero-order chi connectivity index (χ0) is 16.2. The molecule has 0 aliphatic carbocycles. The SMILES string of the molecule is CN(CCc1ccccc1C(=O)O)C(=O)[C@H](N)C(C)(C)C. The number of carbonyl (C=O) groups excluding carboxylic acids is 1. The fourth-order valence-corrected chi connectivity index (χ4v) is 1.95. The number of likely N-dealkylation sites (N-methyl/N-ethyl adjacent to an activating group) is 1. The summed E-state index contributed by atoms with van der Waals surface area (Å²) in [4.78, 5) is 24.9. The van der Waals surface area contributed by atoms with Gasteiger partial charge in [-0.3, -0.25) is 4.79 Å². The van der Waals surface area contributed by atoms with Crippen LogP contribution in [0.3, 0.4) is 0 Å². The van der Waals surface area contributed by atoms with Gasteiger partial charge in [-0.15, -0.1) is 0 Å². The number of hydrogen-bond acceptors (Lipinski definition) is 3. The molecule has 0 radical (unpaired) electrons. The Morgan fingerprint density at radius 3 is 2.38 bits per heavy atom. The number of nitrogens with two attached hydrogens (primary N) is 1. The van der Waals surface area contributed by atoms with Crippen LogP contribution in [0.15, 0.2) is 24.3 Å². The van der Waals surface area contributed by atoms with Crippen molar-refractivity contribution in [3.63, 3.8) is 0 Å². The van der Waals surface area contributed by atoms with Crippen molar-refractivity contribution < 1.29 is 14.7 Å². The number of hydrogen-bond donors (Lipinski definition) is 2. The molecular weight excluding hydrogens is 268 g/mol. The predicted octanol–water partition coefficient (Wildman–Crippen LogP) is 1.76. The molecule has 116 valence electrons. The third-order valence-electron chi connectivity index (χ3n) is 3.54. The highest BCUT2D eigenvalue weighted by Gasteiger charge is 2.29. The number of carboxylic acids is 1. The van der Waals surface area contributed by atoms with Crippen LogP contribution in [0, 0.1) is 5.41 Å². The summed E-state index contributed by atoms with van der Waals surface area (Å²) in [5.74, 6) is -1.08. The van der Waals surface area contributed by atoms with Crippen LogP contribution in [0.4, 0.5) is 0 Å². The number of carboxylic acid groups (broad SMARTS) is 1. The average molecular weight is 292 g/mol. The van der Waals surface area contributed by atoms with Crippen molar-refractivity contribution in [3.8, 4) is 0 Å². The van der Waals surface area contributed by atoms with Gasteiger partial charge in [-0.25, -0.2) is 4.79 Å². The first kappa shape index (κ1) is 17.2. The summed E-state index contributed by atoms with van der Waals surface area (Å²) < 4.78 is 0. The molecule has 0 aromatic heterocycles. The molecule has 21 heavy (non-hydrogen) atoms. The molecular formula is C16H24N2O3. The molecule has 1 rings (SSSR count). The van der Waals surface area contributed by atoms with Crippen LogP contribution in [0.5, 0.6) is 0 Å². The highest BCUT2D eigenvalue weighted by atomic mass is 16.4. The molecule has 0 fully saturated rings.